The van der Waals surface area contributed by atoms with E-state index in [1.165, 1.54) is 5.56 Å². The standard InChI is InChI=1S/C15H15ClOS/c16-14-8-10-15(11-9-14)18(17)12-4-7-13-5-2-1-3-6-13/h1-3,5-6,8-11H,4,7,12H2/i12D. The molecule has 0 heterocycles. The molecule has 1 nitrogen and oxygen atoms in total. The molecule has 0 aromatic heterocycles. The third-order valence-corrected chi connectivity index (χ3v) is 4.12. The van der Waals surface area contributed by atoms with Crippen molar-refractivity contribution in [2.75, 3.05) is 5.73 Å². The fourth-order valence-corrected chi connectivity index (χ4v) is 2.70. The molecule has 0 aliphatic heterocycles. The van der Waals surface area contributed by atoms with Gasteiger partial charge < -0.3 is 0 Å². The minimum absolute atomic E-state index is 0.583. The molecule has 0 saturated heterocycles. The summed E-state index contributed by atoms with van der Waals surface area (Å²) in [5, 5.41) is 0.617. The van der Waals surface area contributed by atoms with E-state index in [2.05, 4.69) is 0 Å². The van der Waals surface area contributed by atoms with E-state index in [0.717, 1.165) is 6.42 Å². The molecule has 3 heteroatoms. The van der Waals surface area contributed by atoms with Crippen LogP contribution in [0.25, 0.3) is 0 Å². The lowest BCUT2D eigenvalue weighted by Crippen LogP contribution is -1.99. The van der Waals surface area contributed by atoms with Crippen molar-refractivity contribution < 1.29 is 5.58 Å². The first-order valence-electron chi connectivity index (χ1n) is 6.37. The van der Waals surface area contributed by atoms with E-state index >= 15 is 0 Å². The lowest BCUT2D eigenvalue weighted by atomic mass is 10.1. The average Bonchev–Trinajstić information content (AvgIpc) is 2.46. The summed E-state index contributed by atoms with van der Waals surface area (Å²) in [5.74, 6) is 0. The van der Waals surface area contributed by atoms with Gasteiger partial charge in [-0.3, -0.25) is 4.21 Å². The Morgan fingerprint density at radius 3 is 2.39 bits per heavy atom. The minimum atomic E-state index is -1.30. The molecule has 2 aromatic carbocycles. The van der Waals surface area contributed by atoms with Crippen molar-refractivity contribution in [2.24, 2.45) is 0 Å². The molecule has 2 unspecified atom stereocenters. The Morgan fingerprint density at radius 1 is 1.06 bits per heavy atom. The number of aryl methyl sites for hydroxylation is 1. The zero-order valence-electron chi connectivity index (χ0n) is 10.9. The molecule has 0 bridgehead atoms. The summed E-state index contributed by atoms with van der Waals surface area (Å²) < 4.78 is 20.1. The van der Waals surface area contributed by atoms with E-state index in [-0.39, 0.29) is 0 Å². The SMILES string of the molecule is [2H]C(CCc1ccccc1)S(=O)c1ccc(Cl)cc1. The predicted molar refractivity (Wildman–Crippen MR) is 77.5 cm³/mol. The van der Waals surface area contributed by atoms with Crippen LogP contribution >= 0.6 is 11.6 Å². The van der Waals surface area contributed by atoms with Gasteiger partial charge in [-0.1, -0.05) is 41.9 Å². The number of hydrogen-bond donors (Lipinski definition) is 0. The molecular formula is C15H15ClOS. The molecular weight excluding hydrogens is 264 g/mol. The van der Waals surface area contributed by atoms with Gasteiger partial charge in [-0.2, -0.15) is 0 Å². The lowest BCUT2D eigenvalue weighted by molar-refractivity contribution is 0.680. The first-order chi connectivity index (χ1) is 9.16. The van der Waals surface area contributed by atoms with Crippen LogP contribution in [-0.2, 0) is 17.2 Å². The Balaban J connectivity index is 1.94. The average molecular weight is 280 g/mol. The highest BCUT2D eigenvalue weighted by atomic mass is 35.5. The van der Waals surface area contributed by atoms with E-state index in [9.17, 15) is 4.21 Å². The Bertz CT molecular complexity index is 542. The maximum absolute atomic E-state index is 12.2. The monoisotopic (exact) mass is 279 g/mol. The largest absolute Gasteiger partial charge is 0.254 e. The normalized spacial score (nSPS) is 14.8. The quantitative estimate of drug-likeness (QED) is 0.806. The van der Waals surface area contributed by atoms with E-state index in [4.69, 9.17) is 13.0 Å². The van der Waals surface area contributed by atoms with Gasteiger partial charge in [0.2, 0.25) is 0 Å². The van der Waals surface area contributed by atoms with Crippen LogP contribution in [0.4, 0.5) is 0 Å². The van der Waals surface area contributed by atoms with Crippen LogP contribution in [-0.4, -0.2) is 9.94 Å². The second kappa shape index (κ2) is 6.72. The molecule has 0 fully saturated rings. The highest BCUT2D eigenvalue weighted by molar-refractivity contribution is 7.85. The first kappa shape index (κ1) is 11.9. The Hall–Kier alpha value is -1.12. The van der Waals surface area contributed by atoms with Crippen LogP contribution in [0.2, 0.25) is 5.02 Å². The van der Waals surface area contributed by atoms with Gasteiger partial charge in [-0.25, -0.2) is 0 Å². The maximum Gasteiger partial charge on any atom is 0.0529 e. The molecule has 2 rings (SSSR count). The fourth-order valence-electron chi connectivity index (χ4n) is 1.64. The van der Waals surface area contributed by atoms with Crippen molar-refractivity contribution in [1.82, 2.24) is 0 Å². The molecule has 94 valence electrons. The molecule has 2 aromatic rings. The highest BCUT2D eigenvalue weighted by Gasteiger charge is 2.03. The second-order valence-electron chi connectivity index (χ2n) is 3.94. The van der Waals surface area contributed by atoms with Gasteiger partial charge >= 0.3 is 0 Å². The zero-order valence-corrected chi connectivity index (χ0v) is 11.5. The van der Waals surface area contributed by atoms with Crippen molar-refractivity contribution in [3.05, 3.63) is 65.2 Å². The molecule has 0 radical (unpaired) electrons. The third-order valence-electron chi connectivity index (χ3n) is 2.59. The highest BCUT2D eigenvalue weighted by Crippen LogP contribution is 2.14. The van der Waals surface area contributed by atoms with Crippen molar-refractivity contribution in [2.45, 2.75) is 17.7 Å². The Kier molecular flexibility index (Phi) is 4.46. The number of halogens is 1. The van der Waals surface area contributed by atoms with Gasteiger partial charge in [0, 0.05) is 17.0 Å². The van der Waals surface area contributed by atoms with Crippen LogP contribution in [0, 0.1) is 0 Å². The molecule has 18 heavy (non-hydrogen) atoms. The molecule has 0 aliphatic rings. The Morgan fingerprint density at radius 2 is 1.72 bits per heavy atom. The second-order valence-corrected chi connectivity index (χ2v) is 5.78. The van der Waals surface area contributed by atoms with Crippen LogP contribution < -0.4 is 0 Å². The van der Waals surface area contributed by atoms with E-state index < -0.39 is 16.5 Å². The summed E-state index contributed by atoms with van der Waals surface area (Å²) in [6.45, 7) is 0. The topological polar surface area (TPSA) is 17.1 Å². The van der Waals surface area contributed by atoms with Gasteiger partial charge in [0.15, 0.2) is 0 Å². The maximum atomic E-state index is 12.2. The summed E-state index contributed by atoms with van der Waals surface area (Å²) in [6, 6.07) is 16.8. The summed E-state index contributed by atoms with van der Waals surface area (Å²) in [5.41, 5.74) is 0.564. The number of benzene rings is 2. The van der Waals surface area contributed by atoms with Gasteiger partial charge in [0.1, 0.15) is 0 Å². The van der Waals surface area contributed by atoms with Crippen LogP contribution in [0.1, 0.15) is 13.4 Å². The van der Waals surface area contributed by atoms with Crippen LogP contribution in [0.3, 0.4) is 0 Å². The van der Waals surface area contributed by atoms with Crippen molar-refractivity contribution in [3.63, 3.8) is 0 Å². The fraction of sp³-hybridized carbons (Fsp3) is 0.200. The van der Waals surface area contributed by atoms with E-state index in [0.29, 0.717) is 16.3 Å². The van der Waals surface area contributed by atoms with E-state index in [1.54, 1.807) is 24.3 Å². The van der Waals surface area contributed by atoms with E-state index in [1.807, 2.05) is 30.3 Å². The van der Waals surface area contributed by atoms with Gasteiger partial charge in [0.05, 0.1) is 10.8 Å². The molecule has 0 saturated carbocycles. The van der Waals surface area contributed by atoms with Crippen molar-refractivity contribution >= 4 is 22.4 Å². The van der Waals surface area contributed by atoms with Crippen LogP contribution in [0.5, 0.6) is 0 Å². The van der Waals surface area contributed by atoms with Crippen LogP contribution in [0.15, 0.2) is 59.5 Å². The summed E-state index contributed by atoms with van der Waals surface area (Å²) in [7, 11) is -1.30. The smallest absolute Gasteiger partial charge is 0.0529 e. The van der Waals surface area contributed by atoms with Gasteiger partial charge in [0.25, 0.3) is 0 Å². The summed E-state index contributed by atoms with van der Waals surface area (Å²) >= 11 is 5.79. The lowest BCUT2D eigenvalue weighted by Gasteiger charge is -2.03. The molecule has 0 amide bonds. The summed E-state index contributed by atoms with van der Waals surface area (Å²) in [4.78, 5) is 0.664. The first-order valence-corrected chi connectivity index (χ1v) is 7.38. The zero-order chi connectivity index (χ0) is 13.7. The number of rotatable bonds is 5. The van der Waals surface area contributed by atoms with Crippen molar-refractivity contribution in [1.29, 1.82) is 0 Å². The number of hydrogen-bond acceptors (Lipinski definition) is 1. The molecule has 0 spiro atoms. The minimum Gasteiger partial charge on any atom is -0.254 e. The Labute approximate surface area is 117 Å². The third kappa shape index (κ3) is 3.97. The van der Waals surface area contributed by atoms with Gasteiger partial charge in [-0.15, -0.1) is 0 Å². The van der Waals surface area contributed by atoms with Gasteiger partial charge in [-0.05, 0) is 42.7 Å². The predicted octanol–water partition coefficient (Wildman–Crippen LogP) is 4.08. The summed E-state index contributed by atoms with van der Waals surface area (Å²) in [6.07, 6.45) is 1.35. The molecule has 2 atom stereocenters. The molecule has 0 aliphatic carbocycles. The van der Waals surface area contributed by atoms with Crippen molar-refractivity contribution in [3.8, 4) is 0 Å². The molecule has 0 N–H and O–H groups in total.